The van der Waals surface area contributed by atoms with Gasteiger partial charge >= 0.3 is 0 Å². The van der Waals surface area contributed by atoms with Gasteiger partial charge in [-0.3, -0.25) is 0 Å². The molecule has 1 aromatic rings. The van der Waals surface area contributed by atoms with Crippen molar-refractivity contribution in [2.45, 2.75) is 57.0 Å². The van der Waals surface area contributed by atoms with Crippen molar-refractivity contribution >= 4 is 26.0 Å². The monoisotopic (exact) mass is 374 g/mol. The first-order valence-electron chi connectivity index (χ1n) is 7.38. The van der Waals surface area contributed by atoms with Crippen LogP contribution in [0.25, 0.3) is 0 Å². The quantitative estimate of drug-likeness (QED) is 0.769. The molecule has 0 aromatic heterocycles. The molecule has 1 atom stereocenters. The van der Waals surface area contributed by atoms with Gasteiger partial charge in [-0.25, -0.2) is 13.1 Å². The first-order chi connectivity index (χ1) is 9.87. The largest absolute Gasteiger partial charge is 0.326 e. The first-order valence-corrected chi connectivity index (χ1v) is 9.66. The van der Waals surface area contributed by atoms with Crippen LogP contribution in [0.3, 0.4) is 0 Å². The van der Waals surface area contributed by atoms with Crippen molar-refractivity contribution in [2.75, 3.05) is 0 Å². The van der Waals surface area contributed by atoms with Crippen LogP contribution in [0.15, 0.2) is 21.5 Å². The van der Waals surface area contributed by atoms with Gasteiger partial charge in [0.2, 0.25) is 10.0 Å². The number of sulfonamides is 1. The molecule has 4 nitrogen and oxygen atoms in total. The van der Waals surface area contributed by atoms with Crippen molar-refractivity contribution in [3.63, 3.8) is 0 Å². The van der Waals surface area contributed by atoms with Crippen LogP contribution >= 0.6 is 15.9 Å². The number of rotatable bonds is 7. The zero-order valence-corrected chi connectivity index (χ0v) is 14.9. The maximum Gasteiger partial charge on any atom is 0.241 e. The van der Waals surface area contributed by atoms with E-state index in [1.807, 2.05) is 13.0 Å². The minimum Gasteiger partial charge on any atom is -0.326 e. The maximum atomic E-state index is 12.7. The van der Waals surface area contributed by atoms with Crippen LogP contribution in [0.2, 0.25) is 0 Å². The van der Waals surface area contributed by atoms with E-state index in [0.717, 1.165) is 28.4 Å². The van der Waals surface area contributed by atoms with Gasteiger partial charge < -0.3 is 5.73 Å². The average Bonchev–Trinajstić information content (AvgIpc) is 3.24. The van der Waals surface area contributed by atoms with Gasteiger partial charge in [0.15, 0.2) is 0 Å². The van der Waals surface area contributed by atoms with Crippen molar-refractivity contribution in [2.24, 2.45) is 11.7 Å². The van der Waals surface area contributed by atoms with Crippen LogP contribution in [0, 0.1) is 12.8 Å². The second kappa shape index (κ2) is 6.77. The van der Waals surface area contributed by atoms with E-state index in [9.17, 15) is 8.42 Å². The molecule has 0 spiro atoms. The molecule has 2 rings (SSSR count). The lowest BCUT2D eigenvalue weighted by atomic mass is 10.1. The summed E-state index contributed by atoms with van der Waals surface area (Å²) < 4.78 is 29.0. The number of benzene rings is 1. The standard InChI is InChI=1S/C15H23BrN2O2S/c1-3-13(6-11-4-5-11)18-21(19,20)15-8-12(9-17)7-14(16)10(15)2/h7-8,11,13,18H,3-6,9,17H2,1-2H3. The molecule has 1 unspecified atom stereocenters. The summed E-state index contributed by atoms with van der Waals surface area (Å²) in [7, 11) is -3.51. The smallest absolute Gasteiger partial charge is 0.241 e. The van der Waals surface area contributed by atoms with Gasteiger partial charge in [-0.05, 0) is 48.9 Å². The summed E-state index contributed by atoms with van der Waals surface area (Å²) in [6.45, 7) is 4.15. The highest BCUT2D eigenvalue weighted by Gasteiger charge is 2.28. The molecule has 21 heavy (non-hydrogen) atoms. The SMILES string of the molecule is CCC(CC1CC1)NS(=O)(=O)c1cc(CN)cc(Br)c1C. The Bertz CT molecular complexity index is 612. The van der Waals surface area contributed by atoms with Gasteiger partial charge in [0.25, 0.3) is 0 Å². The Labute approximate surface area is 135 Å². The maximum absolute atomic E-state index is 12.7. The summed E-state index contributed by atoms with van der Waals surface area (Å²) in [5.41, 5.74) is 7.18. The summed E-state index contributed by atoms with van der Waals surface area (Å²) in [4.78, 5) is 0.326. The highest BCUT2D eigenvalue weighted by Crippen LogP contribution is 2.34. The topological polar surface area (TPSA) is 72.2 Å². The molecule has 1 aliphatic rings. The molecule has 0 radical (unpaired) electrons. The van der Waals surface area contributed by atoms with Crippen LogP contribution in [0.4, 0.5) is 0 Å². The molecule has 1 aliphatic carbocycles. The van der Waals surface area contributed by atoms with Crippen molar-refractivity contribution in [3.05, 3.63) is 27.7 Å². The van der Waals surface area contributed by atoms with E-state index in [0.29, 0.717) is 17.4 Å². The lowest BCUT2D eigenvalue weighted by Crippen LogP contribution is -2.35. The molecule has 0 saturated heterocycles. The zero-order chi connectivity index (χ0) is 15.6. The molecule has 0 heterocycles. The van der Waals surface area contributed by atoms with Crippen LogP contribution in [-0.2, 0) is 16.6 Å². The van der Waals surface area contributed by atoms with Crippen molar-refractivity contribution in [1.82, 2.24) is 4.72 Å². The van der Waals surface area contributed by atoms with Crippen molar-refractivity contribution in [3.8, 4) is 0 Å². The minimum absolute atomic E-state index is 0.0159. The highest BCUT2D eigenvalue weighted by molar-refractivity contribution is 9.10. The van der Waals surface area contributed by atoms with Gasteiger partial charge in [0.05, 0.1) is 4.90 Å². The van der Waals surface area contributed by atoms with E-state index in [1.54, 1.807) is 13.0 Å². The molecule has 0 amide bonds. The zero-order valence-electron chi connectivity index (χ0n) is 12.5. The molecule has 3 N–H and O–H groups in total. The van der Waals surface area contributed by atoms with Crippen molar-refractivity contribution < 1.29 is 8.42 Å². The van der Waals surface area contributed by atoms with E-state index in [-0.39, 0.29) is 6.04 Å². The first kappa shape index (κ1) is 16.9. The van der Waals surface area contributed by atoms with Gasteiger partial charge in [0.1, 0.15) is 0 Å². The molecule has 1 fully saturated rings. The average molecular weight is 375 g/mol. The Morgan fingerprint density at radius 3 is 2.62 bits per heavy atom. The molecule has 1 aromatic carbocycles. The Morgan fingerprint density at radius 1 is 1.43 bits per heavy atom. The third-order valence-corrected chi connectivity index (χ3v) is 6.48. The van der Waals surface area contributed by atoms with E-state index in [4.69, 9.17) is 5.73 Å². The van der Waals surface area contributed by atoms with Crippen LogP contribution < -0.4 is 10.5 Å². The molecular formula is C15H23BrN2O2S. The van der Waals surface area contributed by atoms with E-state index >= 15 is 0 Å². The number of nitrogens with two attached hydrogens (primary N) is 1. The van der Waals surface area contributed by atoms with E-state index in [2.05, 4.69) is 20.7 Å². The van der Waals surface area contributed by atoms with Gasteiger partial charge in [0, 0.05) is 17.1 Å². The summed E-state index contributed by atoms with van der Waals surface area (Å²) in [6.07, 6.45) is 4.20. The number of nitrogens with one attached hydrogen (secondary N) is 1. The lowest BCUT2D eigenvalue weighted by molar-refractivity contribution is 0.495. The third kappa shape index (κ3) is 4.28. The fourth-order valence-electron chi connectivity index (χ4n) is 2.44. The predicted molar refractivity (Wildman–Crippen MR) is 88.5 cm³/mol. The van der Waals surface area contributed by atoms with Crippen molar-refractivity contribution in [1.29, 1.82) is 0 Å². The molecule has 0 aliphatic heterocycles. The normalized spacial score (nSPS) is 17.0. The number of halogens is 1. The Balaban J connectivity index is 2.27. The second-order valence-corrected chi connectivity index (χ2v) is 8.35. The van der Waals surface area contributed by atoms with E-state index in [1.165, 1.54) is 12.8 Å². The fraction of sp³-hybridized carbons (Fsp3) is 0.600. The molecule has 118 valence electrons. The Morgan fingerprint density at radius 2 is 2.10 bits per heavy atom. The third-order valence-electron chi connectivity index (χ3n) is 4.01. The molecule has 6 heteroatoms. The highest BCUT2D eigenvalue weighted by atomic mass is 79.9. The van der Waals surface area contributed by atoms with Gasteiger partial charge in [-0.2, -0.15) is 0 Å². The second-order valence-electron chi connectivity index (χ2n) is 5.81. The summed E-state index contributed by atoms with van der Waals surface area (Å²) in [5.74, 6) is 0.695. The summed E-state index contributed by atoms with van der Waals surface area (Å²) in [6, 6.07) is 3.56. The van der Waals surface area contributed by atoms with Gasteiger partial charge in [-0.15, -0.1) is 0 Å². The summed E-state index contributed by atoms with van der Waals surface area (Å²) in [5, 5.41) is 0. The lowest BCUT2D eigenvalue weighted by Gasteiger charge is -2.18. The molecule has 0 bridgehead atoms. The molecule has 1 saturated carbocycles. The number of hydrogen-bond acceptors (Lipinski definition) is 3. The van der Waals surface area contributed by atoms with E-state index < -0.39 is 10.0 Å². The summed E-state index contributed by atoms with van der Waals surface area (Å²) >= 11 is 3.42. The van der Waals surface area contributed by atoms with Crippen LogP contribution in [0.5, 0.6) is 0 Å². The molecular weight excluding hydrogens is 352 g/mol. The van der Waals surface area contributed by atoms with Crippen LogP contribution in [-0.4, -0.2) is 14.5 Å². The van der Waals surface area contributed by atoms with Gasteiger partial charge in [-0.1, -0.05) is 35.7 Å². The Kier molecular flexibility index (Phi) is 5.46. The fourth-order valence-corrected chi connectivity index (χ4v) is 4.73. The minimum atomic E-state index is -3.51. The van der Waals surface area contributed by atoms with Crippen LogP contribution in [0.1, 0.15) is 43.7 Å². The Hall–Kier alpha value is -0.430. The predicted octanol–water partition coefficient (Wildman–Crippen LogP) is 3.07. The number of hydrogen-bond donors (Lipinski definition) is 2.